The van der Waals surface area contributed by atoms with Crippen LogP contribution in [0.15, 0.2) is 40.2 Å². The van der Waals surface area contributed by atoms with E-state index in [1.54, 1.807) is 24.7 Å². The Balaban J connectivity index is 1.73. The van der Waals surface area contributed by atoms with Gasteiger partial charge < -0.3 is 14.9 Å². The van der Waals surface area contributed by atoms with Gasteiger partial charge in [-0.3, -0.25) is 13.9 Å². The van der Waals surface area contributed by atoms with Gasteiger partial charge >= 0.3 is 5.69 Å². The predicted molar refractivity (Wildman–Crippen MR) is 117 cm³/mol. The molecular formula is C19H18ClN9O2. The molecule has 0 spiro atoms. The number of halogens is 1. The molecule has 0 aliphatic rings. The number of rotatable bonds is 3. The summed E-state index contributed by atoms with van der Waals surface area (Å²) in [4.78, 5) is 34.7. The highest BCUT2D eigenvalue weighted by Crippen LogP contribution is 2.23. The molecule has 5 aromatic rings. The van der Waals surface area contributed by atoms with E-state index in [4.69, 9.17) is 17.3 Å². The van der Waals surface area contributed by atoms with Crippen LogP contribution in [0.4, 0.5) is 5.95 Å². The minimum atomic E-state index is -0.475. The standard InChI is InChI=1S/C19H18ClN9O2/c1-25-12(7-10-6-11(20)4-5-13(10)25)8-28-16(30)14-15(27(3)19(28)31)24-18(26(14)2)29-17(21)22-9-23-29/h4-7,9H,8H2,1-3H3,(H2,21,22,23). The van der Waals surface area contributed by atoms with Gasteiger partial charge in [0.1, 0.15) is 6.33 Å². The molecule has 0 fully saturated rings. The van der Waals surface area contributed by atoms with E-state index in [2.05, 4.69) is 15.1 Å². The van der Waals surface area contributed by atoms with Crippen LogP contribution in [0.25, 0.3) is 28.0 Å². The smallest absolute Gasteiger partial charge is 0.332 e. The first-order valence-corrected chi connectivity index (χ1v) is 9.71. The molecule has 11 nitrogen and oxygen atoms in total. The zero-order valence-electron chi connectivity index (χ0n) is 16.9. The van der Waals surface area contributed by atoms with Gasteiger partial charge in [0.05, 0.1) is 6.54 Å². The molecule has 0 aliphatic heterocycles. The van der Waals surface area contributed by atoms with Crippen LogP contribution in [0.1, 0.15) is 5.69 Å². The van der Waals surface area contributed by atoms with Gasteiger partial charge in [-0.2, -0.15) is 19.7 Å². The molecule has 2 N–H and O–H groups in total. The third kappa shape index (κ3) is 2.70. The molecule has 0 saturated carbocycles. The summed E-state index contributed by atoms with van der Waals surface area (Å²) in [5.41, 5.74) is 7.15. The van der Waals surface area contributed by atoms with E-state index in [1.165, 1.54) is 20.1 Å². The van der Waals surface area contributed by atoms with Gasteiger partial charge in [0.2, 0.25) is 11.9 Å². The molecule has 0 saturated heterocycles. The lowest BCUT2D eigenvalue weighted by Gasteiger charge is -2.10. The van der Waals surface area contributed by atoms with E-state index in [1.807, 2.05) is 29.8 Å². The van der Waals surface area contributed by atoms with Gasteiger partial charge in [0.15, 0.2) is 11.2 Å². The Morgan fingerprint density at radius 1 is 1.06 bits per heavy atom. The second kappa shape index (κ2) is 6.57. The zero-order valence-corrected chi connectivity index (χ0v) is 17.7. The molecular weight excluding hydrogens is 422 g/mol. The number of fused-ring (bicyclic) bond motifs is 2. The lowest BCUT2D eigenvalue weighted by molar-refractivity contribution is 0.632. The molecule has 4 aromatic heterocycles. The van der Waals surface area contributed by atoms with Gasteiger partial charge in [0, 0.05) is 42.8 Å². The van der Waals surface area contributed by atoms with Crippen molar-refractivity contribution in [3.63, 3.8) is 0 Å². The molecule has 5 rings (SSSR count). The number of hydrogen-bond acceptors (Lipinski definition) is 6. The maximum atomic E-state index is 13.4. The van der Waals surface area contributed by atoms with Gasteiger partial charge in [0.25, 0.3) is 5.56 Å². The zero-order chi connectivity index (χ0) is 22.0. The van der Waals surface area contributed by atoms with Crippen LogP contribution in [-0.4, -0.2) is 38.0 Å². The van der Waals surface area contributed by atoms with Crippen molar-refractivity contribution in [2.45, 2.75) is 6.54 Å². The average molecular weight is 440 g/mol. The van der Waals surface area contributed by atoms with E-state index in [0.29, 0.717) is 5.02 Å². The topological polar surface area (TPSA) is 123 Å². The number of aryl methyl sites for hydroxylation is 3. The van der Waals surface area contributed by atoms with Crippen LogP contribution in [0, 0.1) is 0 Å². The molecule has 12 heteroatoms. The molecule has 0 atom stereocenters. The minimum absolute atomic E-state index is 0.0935. The third-order valence-electron chi connectivity index (χ3n) is 5.52. The van der Waals surface area contributed by atoms with Gasteiger partial charge in [-0.1, -0.05) is 11.6 Å². The van der Waals surface area contributed by atoms with Crippen molar-refractivity contribution in [2.75, 3.05) is 5.73 Å². The molecule has 0 bridgehead atoms. The van der Waals surface area contributed by atoms with Crippen molar-refractivity contribution in [2.24, 2.45) is 21.1 Å². The van der Waals surface area contributed by atoms with Crippen molar-refractivity contribution >= 4 is 39.6 Å². The summed E-state index contributed by atoms with van der Waals surface area (Å²) < 4.78 is 7.33. The highest BCUT2D eigenvalue weighted by Gasteiger charge is 2.21. The first kappa shape index (κ1) is 19.1. The Hall–Kier alpha value is -3.86. The fourth-order valence-electron chi connectivity index (χ4n) is 3.86. The molecule has 0 radical (unpaired) electrons. The molecule has 31 heavy (non-hydrogen) atoms. The summed E-state index contributed by atoms with van der Waals surface area (Å²) in [5.74, 6) is 0.409. The summed E-state index contributed by atoms with van der Waals surface area (Å²) in [5, 5.41) is 5.59. The summed E-state index contributed by atoms with van der Waals surface area (Å²) in [6.07, 6.45) is 1.29. The number of benzene rings is 1. The summed E-state index contributed by atoms with van der Waals surface area (Å²) in [6, 6.07) is 7.47. The maximum absolute atomic E-state index is 13.4. The van der Waals surface area contributed by atoms with E-state index in [-0.39, 0.29) is 29.6 Å². The van der Waals surface area contributed by atoms with E-state index >= 15 is 0 Å². The van der Waals surface area contributed by atoms with Crippen LogP contribution in [-0.2, 0) is 27.7 Å². The third-order valence-corrected chi connectivity index (χ3v) is 5.76. The Kier molecular flexibility index (Phi) is 4.05. The molecule has 0 amide bonds. The largest absolute Gasteiger partial charge is 0.368 e. The molecule has 1 aromatic carbocycles. The van der Waals surface area contributed by atoms with E-state index < -0.39 is 11.2 Å². The summed E-state index contributed by atoms with van der Waals surface area (Å²) in [7, 11) is 5.12. The Labute approximate surface area is 179 Å². The number of aromatic nitrogens is 8. The van der Waals surface area contributed by atoms with Crippen molar-refractivity contribution in [3.05, 3.63) is 62.1 Å². The molecule has 4 heterocycles. The SMILES string of the molecule is Cn1c(Cn2c(=O)c3c(nc(-n4ncnc4N)n3C)n(C)c2=O)cc2cc(Cl)ccc21. The van der Waals surface area contributed by atoms with Crippen molar-refractivity contribution in [1.29, 1.82) is 0 Å². The Morgan fingerprint density at radius 2 is 1.84 bits per heavy atom. The van der Waals surface area contributed by atoms with Gasteiger partial charge in [-0.05, 0) is 24.3 Å². The van der Waals surface area contributed by atoms with Crippen molar-refractivity contribution in [3.8, 4) is 5.95 Å². The normalized spacial score (nSPS) is 11.7. The maximum Gasteiger partial charge on any atom is 0.332 e. The molecule has 158 valence electrons. The molecule has 0 aliphatic carbocycles. The Morgan fingerprint density at radius 3 is 2.55 bits per heavy atom. The van der Waals surface area contributed by atoms with Crippen LogP contribution in [0.2, 0.25) is 5.02 Å². The second-order valence-electron chi connectivity index (χ2n) is 7.30. The molecule has 0 unspecified atom stereocenters. The van der Waals surface area contributed by atoms with Crippen LogP contribution < -0.4 is 17.0 Å². The number of nitrogens with zero attached hydrogens (tertiary/aromatic N) is 8. The number of anilines is 1. The van der Waals surface area contributed by atoms with Crippen LogP contribution in [0.5, 0.6) is 0 Å². The highest BCUT2D eigenvalue weighted by atomic mass is 35.5. The van der Waals surface area contributed by atoms with Crippen molar-refractivity contribution in [1.82, 2.24) is 38.0 Å². The lowest BCUT2D eigenvalue weighted by atomic mass is 10.2. The fraction of sp³-hybridized carbons (Fsp3) is 0.211. The number of hydrogen-bond donors (Lipinski definition) is 1. The number of nitrogens with two attached hydrogens (primary N) is 1. The van der Waals surface area contributed by atoms with Crippen molar-refractivity contribution < 1.29 is 0 Å². The first-order chi connectivity index (χ1) is 14.8. The quantitative estimate of drug-likeness (QED) is 0.443. The summed E-state index contributed by atoms with van der Waals surface area (Å²) >= 11 is 6.10. The Bertz CT molecular complexity index is 1620. The first-order valence-electron chi connectivity index (χ1n) is 9.34. The van der Waals surface area contributed by atoms with Gasteiger partial charge in [-0.15, -0.1) is 0 Å². The number of nitrogen functional groups attached to an aromatic ring is 1. The minimum Gasteiger partial charge on any atom is -0.368 e. The second-order valence-corrected chi connectivity index (χ2v) is 7.74. The van der Waals surface area contributed by atoms with Crippen LogP contribution >= 0.6 is 11.6 Å². The number of imidazole rings is 1. The monoisotopic (exact) mass is 439 g/mol. The highest BCUT2D eigenvalue weighted by molar-refractivity contribution is 6.31. The predicted octanol–water partition coefficient (Wildman–Crippen LogP) is 0.790. The van der Waals surface area contributed by atoms with Gasteiger partial charge in [-0.25, -0.2) is 4.79 Å². The average Bonchev–Trinajstić information content (AvgIpc) is 3.39. The van der Waals surface area contributed by atoms with E-state index in [0.717, 1.165) is 16.6 Å². The summed E-state index contributed by atoms with van der Waals surface area (Å²) in [6.45, 7) is 0.0935. The fourth-order valence-corrected chi connectivity index (χ4v) is 4.04. The van der Waals surface area contributed by atoms with Crippen LogP contribution in [0.3, 0.4) is 0 Å². The lowest BCUT2D eigenvalue weighted by Crippen LogP contribution is -2.40. The van der Waals surface area contributed by atoms with E-state index in [9.17, 15) is 9.59 Å².